The molecule has 132 valence electrons. The van der Waals surface area contributed by atoms with E-state index in [1.807, 2.05) is 14.1 Å². The van der Waals surface area contributed by atoms with Gasteiger partial charge >= 0.3 is 6.36 Å². The van der Waals surface area contributed by atoms with Crippen LogP contribution in [0.5, 0.6) is 11.5 Å². The highest BCUT2D eigenvalue weighted by atomic mass is 19.4. The molecule has 0 saturated heterocycles. The number of halogens is 3. The standard InChI is InChI=1S/C18H22F3NO2/c1-22(2)10-16-12-4-3-11(7-12)8-14(16)15-9-13(23)5-6-17(15)24-18(19,20)21/h5-6,8-9,11-12,16,23H,3-4,7,10H2,1-2H3/t11?,12?,16-/m0/s1. The Morgan fingerprint density at radius 2 is 2.00 bits per heavy atom. The van der Waals surface area contributed by atoms with Gasteiger partial charge in [-0.25, -0.2) is 0 Å². The number of aromatic hydroxyl groups is 1. The number of phenols is 1. The molecule has 0 heterocycles. The lowest BCUT2D eigenvalue weighted by atomic mass is 9.76. The Hall–Kier alpha value is -1.69. The summed E-state index contributed by atoms with van der Waals surface area (Å²) in [7, 11) is 3.93. The summed E-state index contributed by atoms with van der Waals surface area (Å²) in [6.45, 7) is 0.768. The van der Waals surface area contributed by atoms with E-state index in [0.717, 1.165) is 31.4 Å². The molecular weight excluding hydrogens is 319 g/mol. The zero-order chi connectivity index (χ0) is 17.5. The first-order chi connectivity index (χ1) is 11.2. The van der Waals surface area contributed by atoms with Gasteiger partial charge in [-0.1, -0.05) is 6.08 Å². The van der Waals surface area contributed by atoms with Crippen LogP contribution in [0.25, 0.3) is 5.57 Å². The topological polar surface area (TPSA) is 32.7 Å². The van der Waals surface area contributed by atoms with Crippen molar-refractivity contribution in [2.75, 3.05) is 20.6 Å². The van der Waals surface area contributed by atoms with Crippen LogP contribution in [0.2, 0.25) is 0 Å². The van der Waals surface area contributed by atoms with Crippen LogP contribution in [0.4, 0.5) is 13.2 Å². The number of benzene rings is 1. The first-order valence-corrected chi connectivity index (χ1v) is 8.18. The van der Waals surface area contributed by atoms with Crippen molar-refractivity contribution in [2.24, 2.45) is 17.8 Å². The zero-order valence-electron chi connectivity index (χ0n) is 13.8. The molecule has 24 heavy (non-hydrogen) atoms. The number of fused-ring (bicyclic) bond motifs is 2. The number of ether oxygens (including phenoxy) is 1. The van der Waals surface area contributed by atoms with Gasteiger partial charge in [0.1, 0.15) is 11.5 Å². The number of rotatable bonds is 4. The molecule has 0 aromatic heterocycles. The predicted molar refractivity (Wildman–Crippen MR) is 85.6 cm³/mol. The van der Waals surface area contributed by atoms with Crippen LogP contribution in [0, 0.1) is 17.8 Å². The lowest BCUT2D eigenvalue weighted by molar-refractivity contribution is -0.274. The van der Waals surface area contributed by atoms with Gasteiger partial charge in [-0.3, -0.25) is 0 Å². The molecule has 0 aliphatic heterocycles. The Balaban J connectivity index is 2.03. The minimum absolute atomic E-state index is 0.0538. The second-order valence-electron chi connectivity index (χ2n) is 7.05. The van der Waals surface area contributed by atoms with Gasteiger partial charge in [0.25, 0.3) is 0 Å². The van der Waals surface area contributed by atoms with Crippen molar-refractivity contribution in [1.82, 2.24) is 4.90 Å². The lowest BCUT2D eigenvalue weighted by Crippen LogP contribution is -2.30. The van der Waals surface area contributed by atoms with E-state index in [1.54, 1.807) is 0 Å². The molecule has 1 aromatic rings. The summed E-state index contributed by atoms with van der Waals surface area (Å²) in [5.74, 6) is 0.734. The molecule has 3 nitrogen and oxygen atoms in total. The van der Waals surface area contributed by atoms with Crippen LogP contribution in [-0.4, -0.2) is 37.0 Å². The third kappa shape index (κ3) is 3.69. The number of hydrogen-bond acceptors (Lipinski definition) is 3. The van der Waals surface area contributed by atoms with Gasteiger partial charge in [-0.2, -0.15) is 0 Å². The molecular formula is C18H22F3NO2. The van der Waals surface area contributed by atoms with Gasteiger partial charge in [0, 0.05) is 12.1 Å². The van der Waals surface area contributed by atoms with Crippen molar-refractivity contribution < 1.29 is 23.0 Å². The predicted octanol–water partition coefficient (Wildman–Crippen LogP) is 4.28. The van der Waals surface area contributed by atoms with Crippen LogP contribution in [0.1, 0.15) is 24.8 Å². The van der Waals surface area contributed by atoms with E-state index in [1.165, 1.54) is 18.2 Å². The Kier molecular flexibility index (Phi) is 4.51. The number of hydrogen-bond donors (Lipinski definition) is 1. The SMILES string of the molecule is CN(C)C[C@@H]1C(c2cc(O)ccc2OC(F)(F)F)=CC2CCC1C2. The summed E-state index contributed by atoms with van der Waals surface area (Å²) in [5.41, 5.74) is 1.23. The third-order valence-electron chi connectivity index (χ3n) is 4.96. The molecule has 2 aliphatic rings. The Morgan fingerprint density at radius 1 is 1.25 bits per heavy atom. The molecule has 3 atom stereocenters. The minimum Gasteiger partial charge on any atom is -0.508 e. The third-order valence-corrected chi connectivity index (χ3v) is 4.96. The molecule has 2 bridgehead atoms. The van der Waals surface area contributed by atoms with Crippen molar-refractivity contribution in [3.05, 3.63) is 29.8 Å². The van der Waals surface area contributed by atoms with E-state index in [4.69, 9.17) is 0 Å². The van der Waals surface area contributed by atoms with Crippen molar-refractivity contribution in [2.45, 2.75) is 25.6 Å². The van der Waals surface area contributed by atoms with Crippen molar-refractivity contribution in [3.63, 3.8) is 0 Å². The summed E-state index contributed by atoms with van der Waals surface area (Å²) in [6.07, 6.45) is 0.604. The Bertz CT molecular complexity index is 640. The molecule has 2 unspecified atom stereocenters. The highest BCUT2D eigenvalue weighted by molar-refractivity contribution is 5.74. The van der Waals surface area contributed by atoms with Gasteiger partial charge in [0.2, 0.25) is 0 Å². The molecule has 6 heteroatoms. The summed E-state index contributed by atoms with van der Waals surface area (Å²) < 4.78 is 42.5. The fraction of sp³-hybridized carbons (Fsp3) is 0.556. The summed E-state index contributed by atoms with van der Waals surface area (Å²) >= 11 is 0. The molecule has 1 N–H and O–H groups in total. The maximum atomic E-state index is 12.7. The van der Waals surface area contributed by atoms with Gasteiger partial charge in [-0.05, 0) is 74.9 Å². The molecule has 1 fully saturated rings. The lowest BCUT2D eigenvalue weighted by Gasteiger charge is -2.33. The van der Waals surface area contributed by atoms with Gasteiger partial charge in [0.15, 0.2) is 0 Å². The fourth-order valence-electron chi connectivity index (χ4n) is 4.09. The van der Waals surface area contributed by atoms with Crippen molar-refractivity contribution in [1.29, 1.82) is 0 Å². The van der Waals surface area contributed by atoms with Crippen molar-refractivity contribution >= 4 is 5.57 Å². The number of alkyl halides is 3. The average molecular weight is 341 g/mol. The first-order valence-electron chi connectivity index (χ1n) is 8.18. The molecule has 2 aliphatic carbocycles. The monoisotopic (exact) mass is 341 g/mol. The molecule has 0 amide bonds. The average Bonchev–Trinajstić information content (AvgIpc) is 2.85. The zero-order valence-corrected chi connectivity index (χ0v) is 13.8. The first kappa shape index (κ1) is 17.1. The van der Waals surface area contributed by atoms with E-state index in [2.05, 4.69) is 15.7 Å². The maximum absolute atomic E-state index is 12.7. The van der Waals surface area contributed by atoms with Crippen LogP contribution >= 0.6 is 0 Å². The Labute approximate surface area is 139 Å². The highest BCUT2D eigenvalue weighted by Crippen LogP contribution is 2.50. The Morgan fingerprint density at radius 3 is 2.67 bits per heavy atom. The number of allylic oxidation sites excluding steroid dienone is 1. The number of phenolic OH excluding ortho intramolecular Hbond substituents is 1. The molecule has 1 saturated carbocycles. The van der Waals surface area contributed by atoms with Gasteiger partial charge < -0.3 is 14.7 Å². The van der Waals surface area contributed by atoms with E-state index in [0.29, 0.717) is 17.4 Å². The number of nitrogens with zero attached hydrogens (tertiary/aromatic N) is 1. The van der Waals surface area contributed by atoms with E-state index >= 15 is 0 Å². The van der Waals surface area contributed by atoms with Crippen molar-refractivity contribution in [3.8, 4) is 11.5 Å². The summed E-state index contributed by atoms with van der Waals surface area (Å²) in [5, 5.41) is 9.81. The van der Waals surface area contributed by atoms with Crippen LogP contribution in [0.15, 0.2) is 24.3 Å². The second-order valence-corrected chi connectivity index (χ2v) is 7.05. The van der Waals surface area contributed by atoms with Crippen LogP contribution < -0.4 is 4.74 Å². The van der Waals surface area contributed by atoms with E-state index < -0.39 is 6.36 Å². The maximum Gasteiger partial charge on any atom is 0.573 e. The molecule has 0 radical (unpaired) electrons. The smallest absolute Gasteiger partial charge is 0.508 e. The summed E-state index contributed by atoms with van der Waals surface area (Å²) in [6, 6.07) is 3.81. The molecule has 3 rings (SSSR count). The molecule has 0 spiro atoms. The minimum atomic E-state index is -4.75. The second kappa shape index (κ2) is 6.31. The largest absolute Gasteiger partial charge is 0.573 e. The highest BCUT2D eigenvalue weighted by Gasteiger charge is 2.39. The van der Waals surface area contributed by atoms with Crippen LogP contribution in [-0.2, 0) is 0 Å². The normalized spacial score (nSPS) is 26.6. The van der Waals surface area contributed by atoms with E-state index in [9.17, 15) is 18.3 Å². The van der Waals surface area contributed by atoms with E-state index in [-0.39, 0.29) is 17.4 Å². The molecule has 1 aromatic carbocycles. The van der Waals surface area contributed by atoms with Gasteiger partial charge in [-0.15, -0.1) is 13.2 Å². The van der Waals surface area contributed by atoms with Crippen LogP contribution in [0.3, 0.4) is 0 Å². The fourth-order valence-corrected chi connectivity index (χ4v) is 4.09. The summed E-state index contributed by atoms with van der Waals surface area (Å²) in [4.78, 5) is 2.06. The quantitative estimate of drug-likeness (QED) is 0.887. The van der Waals surface area contributed by atoms with Gasteiger partial charge in [0.05, 0.1) is 0 Å².